The highest BCUT2D eigenvalue weighted by Crippen LogP contribution is 2.30. The van der Waals surface area contributed by atoms with Crippen LogP contribution in [0.4, 0.5) is 27.6 Å². The molecule has 1 amide bonds. The summed E-state index contributed by atoms with van der Waals surface area (Å²) < 4.78 is 69.0. The van der Waals surface area contributed by atoms with E-state index in [1.54, 1.807) is 0 Å². The molecule has 0 saturated heterocycles. The SMILES string of the molecule is O=C(Nc1ccccc1OC(F)(F)F)c1ccc(OC(F)F)cc1. The highest BCUT2D eigenvalue weighted by molar-refractivity contribution is 6.05. The molecule has 4 nitrogen and oxygen atoms in total. The lowest BCUT2D eigenvalue weighted by Gasteiger charge is -2.14. The molecule has 0 aliphatic rings. The highest BCUT2D eigenvalue weighted by atomic mass is 19.4. The standard InChI is InChI=1S/C15H10F5NO3/c16-14(17)23-10-7-5-9(6-8-10)13(22)21-11-3-1-2-4-12(11)24-15(18,19)20/h1-8,14H,(H,21,22). The fraction of sp³-hybridized carbons (Fsp3) is 0.133. The summed E-state index contributed by atoms with van der Waals surface area (Å²) in [6.45, 7) is -3.00. The Bertz CT molecular complexity index is 701. The third-order valence-electron chi connectivity index (χ3n) is 2.70. The maximum Gasteiger partial charge on any atom is 0.573 e. The monoisotopic (exact) mass is 347 g/mol. The molecule has 0 aliphatic carbocycles. The zero-order valence-electron chi connectivity index (χ0n) is 11.8. The number of halogens is 5. The summed E-state index contributed by atoms with van der Waals surface area (Å²) in [6.07, 6.45) is -4.91. The molecule has 0 radical (unpaired) electrons. The summed E-state index contributed by atoms with van der Waals surface area (Å²) in [7, 11) is 0. The summed E-state index contributed by atoms with van der Waals surface area (Å²) in [5.41, 5.74) is -0.147. The Morgan fingerprint density at radius 2 is 1.62 bits per heavy atom. The molecule has 0 unspecified atom stereocenters. The van der Waals surface area contributed by atoms with Gasteiger partial charge in [-0.1, -0.05) is 12.1 Å². The van der Waals surface area contributed by atoms with Gasteiger partial charge in [0.1, 0.15) is 5.75 Å². The maximum atomic E-state index is 12.3. The molecule has 9 heteroatoms. The average molecular weight is 347 g/mol. The molecular weight excluding hydrogens is 337 g/mol. The Labute approximate surface area is 132 Å². The van der Waals surface area contributed by atoms with Crippen molar-refractivity contribution in [1.29, 1.82) is 0 Å². The number of hydrogen-bond acceptors (Lipinski definition) is 3. The van der Waals surface area contributed by atoms with E-state index in [1.807, 2.05) is 0 Å². The van der Waals surface area contributed by atoms with Gasteiger partial charge in [-0.25, -0.2) is 0 Å². The summed E-state index contributed by atoms with van der Waals surface area (Å²) in [5, 5.41) is 2.26. The van der Waals surface area contributed by atoms with Crippen LogP contribution in [0.15, 0.2) is 48.5 Å². The number of anilines is 1. The molecule has 0 aliphatic heterocycles. The molecule has 1 N–H and O–H groups in total. The smallest absolute Gasteiger partial charge is 0.435 e. The minimum absolute atomic E-state index is 0.0402. The van der Waals surface area contributed by atoms with Crippen LogP contribution in [0.5, 0.6) is 11.5 Å². The van der Waals surface area contributed by atoms with Crippen LogP contribution in [-0.2, 0) is 0 Å². The second-order valence-corrected chi connectivity index (χ2v) is 4.40. The zero-order chi connectivity index (χ0) is 17.7. The van der Waals surface area contributed by atoms with E-state index in [0.717, 1.165) is 18.2 Å². The molecule has 2 aromatic rings. The molecule has 24 heavy (non-hydrogen) atoms. The normalized spacial score (nSPS) is 11.2. The molecule has 0 aromatic heterocycles. The van der Waals surface area contributed by atoms with Crippen molar-refractivity contribution < 1.29 is 36.2 Å². The van der Waals surface area contributed by atoms with Gasteiger partial charge in [0.15, 0.2) is 5.75 Å². The van der Waals surface area contributed by atoms with E-state index >= 15 is 0 Å². The fourth-order valence-electron chi connectivity index (χ4n) is 1.77. The van der Waals surface area contributed by atoms with Crippen molar-refractivity contribution in [2.75, 3.05) is 5.32 Å². The van der Waals surface area contributed by atoms with Crippen LogP contribution in [0.2, 0.25) is 0 Å². The Hall–Kier alpha value is -2.84. The second-order valence-electron chi connectivity index (χ2n) is 4.40. The number of ether oxygens (including phenoxy) is 2. The van der Waals surface area contributed by atoms with Gasteiger partial charge in [-0.3, -0.25) is 4.79 Å². The molecular formula is C15H10F5NO3. The van der Waals surface area contributed by atoms with E-state index in [9.17, 15) is 26.7 Å². The van der Waals surface area contributed by atoms with Crippen molar-refractivity contribution in [3.8, 4) is 11.5 Å². The molecule has 0 bridgehead atoms. The Morgan fingerprint density at radius 1 is 1.00 bits per heavy atom. The molecule has 0 heterocycles. The minimum atomic E-state index is -4.91. The van der Waals surface area contributed by atoms with E-state index in [4.69, 9.17) is 0 Å². The topological polar surface area (TPSA) is 47.6 Å². The van der Waals surface area contributed by atoms with Crippen molar-refractivity contribution >= 4 is 11.6 Å². The van der Waals surface area contributed by atoms with Gasteiger partial charge in [-0.05, 0) is 36.4 Å². The van der Waals surface area contributed by atoms with Crippen molar-refractivity contribution in [2.24, 2.45) is 0 Å². The van der Waals surface area contributed by atoms with Crippen molar-refractivity contribution in [3.63, 3.8) is 0 Å². The number of nitrogens with one attached hydrogen (secondary N) is 1. The van der Waals surface area contributed by atoms with Crippen LogP contribution in [0, 0.1) is 0 Å². The van der Waals surface area contributed by atoms with Gasteiger partial charge in [-0.2, -0.15) is 8.78 Å². The molecule has 0 atom stereocenters. The van der Waals surface area contributed by atoms with Gasteiger partial charge < -0.3 is 14.8 Å². The third-order valence-corrected chi connectivity index (χ3v) is 2.70. The first-order chi connectivity index (χ1) is 11.2. The first-order valence-corrected chi connectivity index (χ1v) is 6.45. The maximum absolute atomic E-state index is 12.3. The van der Waals surface area contributed by atoms with Gasteiger partial charge in [0.25, 0.3) is 5.91 Å². The zero-order valence-corrected chi connectivity index (χ0v) is 11.8. The summed E-state index contributed by atoms with van der Waals surface area (Å²) in [5.74, 6) is -1.46. The number of hydrogen-bond donors (Lipinski definition) is 1. The Balaban J connectivity index is 2.12. The number of alkyl halides is 5. The van der Waals surface area contributed by atoms with Crippen molar-refractivity contribution in [1.82, 2.24) is 0 Å². The predicted molar refractivity (Wildman–Crippen MR) is 74.2 cm³/mol. The fourth-order valence-corrected chi connectivity index (χ4v) is 1.77. The third kappa shape index (κ3) is 5.11. The molecule has 0 fully saturated rings. The van der Waals surface area contributed by atoms with Gasteiger partial charge in [0.2, 0.25) is 0 Å². The van der Waals surface area contributed by atoms with Crippen LogP contribution in [-0.4, -0.2) is 18.9 Å². The van der Waals surface area contributed by atoms with Gasteiger partial charge in [0, 0.05) is 5.56 Å². The molecule has 128 valence electrons. The van der Waals surface area contributed by atoms with Gasteiger partial charge in [-0.15, -0.1) is 13.2 Å². The lowest BCUT2D eigenvalue weighted by molar-refractivity contribution is -0.274. The van der Waals surface area contributed by atoms with E-state index in [2.05, 4.69) is 14.8 Å². The van der Waals surface area contributed by atoms with E-state index in [1.165, 1.54) is 30.3 Å². The lowest BCUT2D eigenvalue weighted by Crippen LogP contribution is -2.19. The van der Waals surface area contributed by atoms with Crippen molar-refractivity contribution in [2.45, 2.75) is 13.0 Å². The number of carbonyl (C=O) groups is 1. The number of benzene rings is 2. The molecule has 0 spiro atoms. The molecule has 2 rings (SSSR count). The molecule has 0 saturated carbocycles. The van der Waals surface area contributed by atoms with Crippen LogP contribution < -0.4 is 14.8 Å². The van der Waals surface area contributed by atoms with E-state index in [-0.39, 0.29) is 17.0 Å². The first kappa shape index (κ1) is 17.5. The van der Waals surface area contributed by atoms with Crippen LogP contribution in [0.25, 0.3) is 0 Å². The van der Waals surface area contributed by atoms with Crippen LogP contribution in [0.1, 0.15) is 10.4 Å². The van der Waals surface area contributed by atoms with Crippen molar-refractivity contribution in [3.05, 3.63) is 54.1 Å². The molecule has 2 aromatic carbocycles. The largest absolute Gasteiger partial charge is 0.573 e. The van der Waals surface area contributed by atoms with Crippen LogP contribution >= 0.6 is 0 Å². The van der Waals surface area contributed by atoms with E-state index in [0.29, 0.717) is 0 Å². The minimum Gasteiger partial charge on any atom is -0.435 e. The first-order valence-electron chi connectivity index (χ1n) is 6.45. The van der Waals surface area contributed by atoms with E-state index < -0.39 is 24.6 Å². The highest BCUT2D eigenvalue weighted by Gasteiger charge is 2.32. The number of rotatable bonds is 5. The quantitative estimate of drug-likeness (QED) is 0.814. The Morgan fingerprint density at radius 3 is 2.21 bits per heavy atom. The number of carbonyl (C=O) groups excluding carboxylic acids is 1. The lowest BCUT2D eigenvalue weighted by atomic mass is 10.2. The van der Waals surface area contributed by atoms with Gasteiger partial charge in [0.05, 0.1) is 5.69 Å². The summed E-state index contributed by atoms with van der Waals surface area (Å²) in [6, 6.07) is 9.67. The van der Waals surface area contributed by atoms with Crippen LogP contribution in [0.3, 0.4) is 0 Å². The average Bonchev–Trinajstić information content (AvgIpc) is 2.48. The Kier molecular flexibility index (Phi) is 5.22. The summed E-state index contributed by atoms with van der Waals surface area (Å²) >= 11 is 0. The second kappa shape index (κ2) is 7.16. The number of para-hydroxylation sites is 2. The number of amides is 1. The van der Waals surface area contributed by atoms with Gasteiger partial charge >= 0.3 is 13.0 Å². The predicted octanol–water partition coefficient (Wildman–Crippen LogP) is 4.44. The summed E-state index contributed by atoms with van der Waals surface area (Å²) in [4.78, 5) is 12.0.